The highest BCUT2D eigenvalue weighted by Crippen LogP contribution is 2.49. The molecule has 0 aliphatic heterocycles. The molecule has 1 saturated carbocycles. The van der Waals surface area contributed by atoms with Crippen LogP contribution in [0.1, 0.15) is 53.7 Å². The summed E-state index contributed by atoms with van der Waals surface area (Å²) in [6, 6.07) is 7.93. The number of halogens is 1. The number of nitrogens with one attached hydrogen (secondary N) is 1. The minimum atomic E-state index is -0.880. The Balaban J connectivity index is 1.59. The van der Waals surface area contributed by atoms with Crippen LogP contribution in [-0.4, -0.2) is 36.7 Å². The highest BCUT2D eigenvalue weighted by Gasteiger charge is 2.45. The summed E-state index contributed by atoms with van der Waals surface area (Å²) in [7, 11) is 0. The molecule has 160 valence electrons. The number of hydrogen-bond donors (Lipinski definition) is 2. The lowest BCUT2D eigenvalue weighted by Crippen LogP contribution is -2.16. The van der Waals surface area contributed by atoms with Crippen LogP contribution in [0, 0.1) is 18.7 Å². The first-order valence-electron chi connectivity index (χ1n) is 9.97. The number of benzene rings is 1. The van der Waals surface area contributed by atoms with Crippen LogP contribution in [-0.2, 0) is 4.79 Å². The molecule has 0 radical (unpaired) electrons. The molecule has 0 bridgehead atoms. The van der Waals surface area contributed by atoms with E-state index in [0.29, 0.717) is 29.1 Å². The minimum Gasteiger partial charge on any atom is -0.481 e. The summed E-state index contributed by atoms with van der Waals surface area (Å²) in [6.07, 6.45) is 2.10. The standard InChI is InChI=1S/C22H22FN5O3/c1-11(2)28-10-24-27-20(28)18-5-4-6-19(25-18)26-21(29)16-8-13(12(3)7-17(16)23)14-9-15(14)22(30)31/h4-8,10-11,14-15H,9H2,1-3H3,(H,30,31)(H,25,26,29). The predicted molar refractivity (Wildman–Crippen MR) is 111 cm³/mol. The van der Waals surface area contributed by atoms with Gasteiger partial charge in [0.25, 0.3) is 5.91 Å². The molecule has 2 heterocycles. The second-order valence-corrected chi connectivity index (χ2v) is 7.99. The molecule has 2 atom stereocenters. The van der Waals surface area contributed by atoms with Crippen LogP contribution in [0.2, 0.25) is 0 Å². The van der Waals surface area contributed by atoms with E-state index in [1.165, 1.54) is 12.1 Å². The smallest absolute Gasteiger partial charge is 0.307 e. The zero-order chi connectivity index (χ0) is 22.3. The lowest BCUT2D eigenvalue weighted by atomic mass is 9.99. The van der Waals surface area contributed by atoms with E-state index in [9.17, 15) is 19.1 Å². The topological polar surface area (TPSA) is 110 Å². The van der Waals surface area contributed by atoms with Gasteiger partial charge in [-0.3, -0.25) is 9.59 Å². The maximum atomic E-state index is 14.5. The number of anilines is 1. The van der Waals surface area contributed by atoms with Gasteiger partial charge in [-0.25, -0.2) is 9.37 Å². The molecule has 0 spiro atoms. The first kappa shape index (κ1) is 20.6. The summed E-state index contributed by atoms with van der Waals surface area (Å²) in [5.74, 6) is -2.08. The molecule has 0 saturated heterocycles. The Morgan fingerprint density at radius 2 is 2.06 bits per heavy atom. The van der Waals surface area contributed by atoms with Gasteiger partial charge in [0.2, 0.25) is 0 Å². The van der Waals surface area contributed by atoms with E-state index in [1.807, 2.05) is 18.4 Å². The molecule has 8 nitrogen and oxygen atoms in total. The second-order valence-electron chi connectivity index (χ2n) is 7.99. The van der Waals surface area contributed by atoms with Gasteiger partial charge in [-0.2, -0.15) is 0 Å². The van der Waals surface area contributed by atoms with Crippen LogP contribution in [0.25, 0.3) is 11.5 Å². The van der Waals surface area contributed by atoms with E-state index in [2.05, 4.69) is 20.5 Å². The molecule has 2 N–H and O–H groups in total. The maximum Gasteiger partial charge on any atom is 0.307 e. The normalized spacial score (nSPS) is 17.6. The number of pyridine rings is 1. The van der Waals surface area contributed by atoms with Gasteiger partial charge in [0.15, 0.2) is 5.82 Å². The van der Waals surface area contributed by atoms with Gasteiger partial charge in [0.1, 0.15) is 23.7 Å². The zero-order valence-corrected chi connectivity index (χ0v) is 17.3. The van der Waals surface area contributed by atoms with Crippen LogP contribution in [0.15, 0.2) is 36.7 Å². The first-order valence-corrected chi connectivity index (χ1v) is 9.97. The second kappa shape index (κ2) is 7.90. The Morgan fingerprint density at radius 3 is 2.74 bits per heavy atom. The molecular formula is C22H22FN5O3. The molecule has 2 aromatic heterocycles. The van der Waals surface area contributed by atoms with Crippen molar-refractivity contribution in [3.63, 3.8) is 0 Å². The van der Waals surface area contributed by atoms with Crippen LogP contribution in [0.3, 0.4) is 0 Å². The average Bonchev–Trinajstić information content (AvgIpc) is 3.35. The van der Waals surface area contributed by atoms with Crippen LogP contribution in [0.5, 0.6) is 0 Å². The first-order chi connectivity index (χ1) is 14.8. The van der Waals surface area contributed by atoms with Crippen molar-refractivity contribution in [3.05, 3.63) is 59.2 Å². The quantitative estimate of drug-likeness (QED) is 0.624. The Morgan fingerprint density at radius 1 is 1.29 bits per heavy atom. The number of carboxylic acid groups (broad SMARTS) is 1. The van der Waals surface area contributed by atoms with Gasteiger partial charge in [-0.1, -0.05) is 6.07 Å². The average molecular weight is 423 g/mol. The monoisotopic (exact) mass is 423 g/mol. The van der Waals surface area contributed by atoms with E-state index in [4.69, 9.17) is 0 Å². The van der Waals surface area contributed by atoms with Gasteiger partial charge >= 0.3 is 5.97 Å². The van der Waals surface area contributed by atoms with Crippen LogP contribution >= 0.6 is 0 Å². The number of aryl methyl sites for hydroxylation is 1. The number of carbonyl (C=O) groups excluding carboxylic acids is 1. The molecule has 1 amide bonds. The largest absolute Gasteiger partial charge is 0.481 e. The van der Waals surface area contributed by atoms with Crippen molar-refractivity contribution in [1.82, 2.24) is 19.7 Å². The third kappa shape index (κ3) is 4.03. The molecule has 2 unspecified atom stereocenters. The Kier molecular flexibility index (Phi) is 5.26. The van der Waals surface area contributed by atoms with E-state index in [0.717, 1.165) is 0 Å². The van der Waals surface area contributed by atoms with Gasteiger partial charge in [0.05, 0.1) is 11.5 Å². The summed E-state index contributed by atoms with van der Waals surface area (Å²) < 4.78 is 16.4. The number of nitrogens with zero attached hydrogens (tertiary/aromatic N) is 4. The molecule has 1 aliphatic carbocycles. The molecule has 9 heteroatoms. The highest BCUT2D eigenvalue weighted by atomic mass is 19.1. The number of carbonyl (C=O) groups is 2. The van der Waals surface area contributed by atoms with Crippen LogP contribution < -0.4 is 5.32 Å². The van der Waals surface area contributed by atoms with Gasteiger partial charge in [-0.15, -0.1) is 10.2 Å². The fraction of sp³-hybridized carbons (Fsp3) is 0.318. The summed E-state index contributed by atoms with van der Waals surface area (Å²) in [5, 5.41) is 19.8. The molecule has 31 heavy (non-hydrogen) atoms. The predicted octanol–water partition coefficient (Wildman–Crippen LogP) is 3.81. The highest BCUT2D eigenvalue weighted by molar-refractivity contribution is 6.04. The summed E-state index contributed by atoms with van der Waals surface area (Å²) in [4.78, 5) is 28.4. The number of rotatable bonds is 6. The molecule has 1 aromatic carbocycles. The lowest BCUT2D eigenvalue weighted by Gasteiger charge is -2.12. The van der Waals surface area contributed by atoms with Gasteiger partial charge in [0, 0.05) is 6.04 Å². The van der Waals surface area contributed by atoms with Gasteiger partial charge < -0.3 is 15.0 Å². The van der Waals surface area contributed by atoms with Crippen molar-refractivity contribution >= 4 is 17.7 Å². The molecule has 3 aromatic rings. The van der Waals surface area contributed by atoms with E-state index in [1.54, 1.807) is 31.5 Å². The Hall–Kier alpha value is -3.62. The molecule has 1 fully saturated rings. The zero-order valence-electron chi connectivity index (χ0n) is 17.3. The van der Waals surface area contributed by atoms with Crippen molar-refractivity contribution in [1.29, 1.82) is 0 Å². The SMILES string of the molecule is Cc1cc(F)c(C(=O)Nc2cccc(-c3nncn3C(C)C)n2)cc1C1CC1C(=O)O. The maximum absolute atomic E-state index is 14.5. The molecular weight excluding hydrogens is 401 g/mol. The van der Waals surface area contributed by atoms with Crippen molar-refractivity contribution in [2.45, 2.75) is 39.2 Å². The fourth-order valence-electron chi connectivity index (χ4n) is 3.69. The van der Waals surface area contributed by atoms with Crippen molar-refractivity contribution in [2.24, 2.45) is 5.92 Å². The Labute approximate surface area is 178 Å². The summed E-state index contributed by atoms with van der Waals surface area (Å²) in [6.45, 7) is 5.70. The Bertz CT molecular complexity index is 1170. The van der Waals surface area contributed by atoms with Gasteiger partial charge in [-0.05, 0) is 68.5 Å². The van der Waals surface area contributed by atoms with Crippen molar-refractivity contribution < 1.29 is 19.1 Å². The lowest BCUT2D eigenvalue weighted by molar-refractivity contribution is -0.138. The number of aromatic nitrogens is 4. The third-order valence-corrected chi connectivity index (χ3v) is 5.46. The molecule has 4 rings (SSSR count). The van der Waals surface area contributed by atoms with Crippen molar-refractivity contribution in [2.75, 3.05) is 5.32 Å². The summed E-state index contributed by atoms with van der Waals surface area (Å²) in [5.41, 5.74) is 1.70. The fourth-order valence-corrected chi connectivity index (χ4v) is 3.69. The van der Waals surface area contributed by atoms with E-state index >= 15 is 0 Å². The number of carboxylic acids is 1. The number of hydrogen-bond acceptors (Lipinski definition) is 5. The summed E-state index contributed by atoms with van der Waals surface area (Å²) >= 11 is 0. The number of aliphatic carboxylic acids is 1. The van der Waals surface area contributed by atoms with E-state index in [-0.39, 0.29) is 23.3 Å². The van der Waals surface area contributed by atoms with Crippen molar-refractivity contribution in [3.8, 4) is 11.5 Å². The number of amides is 1. The minimum absolute atomic E-state index is 0.127. The van der Waals surface area contributed by atoms with E-state index < -0.39 is 23.6 Å². The molecule has 1 aliphatic rings. The third-order valence-electron chi connectivity index (χ3n) is 5.46. The van der Waals surface area contributed by atoms with Crippen LogP contribution in [0.4, 0.5) is 10.2 Å².